The molecule has 0 spiro atoms. The van der Waals surface area contributed by atoms with Crippen molar-refractivity contribution >= 4 is 21.8 Å². The van der Waals surface area contributed by atoms with Gasteiger partial charge in [-0.3, -0.25) is 4.79 Å². The molecule has 0 saturated carbocycles. The van der Waals surface area contributed by atoms with Gasteiger partial charge in [-0.2, -0.15) is 0 Å². The number of nitrogens with one attached hydrogen (secondary N) is 2. The zero-order valence-electron chi connectivity index (χ0n) is 13.4. The maximum absolute atomic E-state index is 13.0. The fourth-order valence-corrected chi connectivity index (χ4v) is 2.62. The van der Waals surface area contributed by atoms with Crippen molar-refractivity contribution in [3.05, 3.63) is 63.9 Å². The Morgan fingerprint density at radius 2 is 2.04 bits per heavy atom. The number of hydrogen-bond donors (Lipinski definition) is 2. The maximum Gasteiger partial charge on any atom is 0.252 e. The SMILES string of the molecule is COc1ccc(Br)c(C(=O)NCCCNCc2cccc(F)c2)c1. The Bertz CT molecular complexity index is 694. The summed E-state index contributed by atoms with van der Waals surface area (Å²) in [6.07, 6.45) is 0.780. The molecule has 0 aliphatic rings. The van der Waals surface area contributed by atoms with Gasteiger partial charge in [-0.05, 0) is 64.8 Å². The second kappa shape index (κ2) is 9.39. The van der Waals surface area contributed by atoms with Gasteiger partial charge < -0.3 is 15.4 Å². The van der Waals surface area contributed by atoms with Crippen molar-refractivity contribution in [2.24, 2.45) is 0 Å². The number of hydrogen-bond acceptors (Lipinski definition) is 3. The fraction of sp³-hybridized carbons (Fsp3) is 0.278. The number of carbonyl (C=O) groups excluding carboxylic acids is 1. The summed E-state index contributed by atoms with van der Waals surface area (Å²) >= 11 is 3.37. The Morgan fingerprint density at radius 3 is 2.79 bits per heavy atom. The lowest BCUT2D eigenvalue weighted by Gasteiger charge is -2.09. The molecule has 1 amide bonds. The molecule has 0 atom stereocenters. The van der Waals surface area contributed by atoms with Crippen molar-refractivity contribution in [1.82, 2.24) is 10.6 Å². The average Bonchev–Trinajstić information content (AvgIpc) is 2.58. The number of methoxy groups -OCH3 is 1. The van der Waals surface area contributed by atoms with Crippen LogP contribution in [0.5, 0.6) is 5.75 Å². The second-order valence-electron chi connectivity index (χ2n) is 5.26. The predicted molar refractivity (Wildman–Crippen MR) is 95.8 cm³/mol. The molecule has 0 fully saturated rings. The van der Waals surface area contributed by atoms with Crippen LogP contribution in [0.1, 0.15) is 22.3 Å². The molecule has 0 heterocycles. The molecule has 6 heteroatoms. The minimum Gasteiger partial charge on any atom is -0.497 e. The zero-order chi connectivity index (χ0) is 17.4. The Hall–Kier alpha value is -1.92. The van der Waals surface area contributed by atoms with Gasteiger partial charge in [0, 0.05) is 17.6 Å². The smallest absolute Gasteiger partial charge is 0.252 e. The van der Waals surface area contributed by atoms with Gasteiger partial charge in [-0.1, -0.05) is 12.1 Å². The minimum atomic E-state index is -0.231. The third-order valence-corrected chi connectivity index (χ3v) is 4.14. The number of halogens is 2. The molecule has 0 bridgehead atoms. The molecule has 0 radical (unpaired) electrons. The molecule has 2 N–H and O–H groups in total. The van der Waals surface area contributed by atoms with E-state index in [0.717, 1.165) is 23.0 Å². The summed E-state index contributed by atoms with van der Waals surface area (Å²) in [5.74, 6) is 0.261. The van der Waals surface area contributed by atoms with Gasteiger partial charge in [-0.15, -0.1) is 0 Å². The largest absolute Gasteiger partial charge is 0.497 e. The normalized spacial score (nSPS) is 10.5. The molecule has 2 aromatic carbocycles. The molecule has 128 valence electrons. The molecule has 0 aliphatic carbocycles. The van der Waals surface area contributed by atoms with E-state index in [4.69, 9.17) is 4.74 Å². The molecule has 24 heavy (non-hydrogen) atoms. The van der Waals surface area contributed by atoms with E-state index in [1.807, 2.05) is 6.07 Å². The average molecular weight is 395 g/mol. The van der Waals surface area contributed by atoms with Gasteiger partial charge in [-0.25, -0.2) is 4.39 Å². The van der Waals surface area contributed by atoms with Crippen molar-refractivity contribution < 1.29 is 13.9 Å². The van der Waals surface area contributed by atoms with Crippen LogP contribution >= 0.6 is 15.9 Å². The first-order valence-electron chi connectivity index (χ1n) is 7.67. The highest BCUT2D eigenvalue weighted by atomic mass is 79.9. The van der Waals surface area contributed by atoms with Gasteiger partial charge >= 0.3 is 0 Å². The van der Waals surface area contributed by atoms with E-state index < -0.39 is 0 Å². The minimum absolute atomic E-state index is 0.147. The lowest BCUT2D eigenvalue weighted by molar-refractivity contribution is 0.0952. The van der Waals surface area contributed by atoms with Gasteiger partial charge in [0.05, 0.1) is 12.7 Å². The van der Waals surface area contributed by atoms with Crippen LogP contribution in [0.4, 0.5) is 4.39 Å². The van der Waals surface area contributed by atoms with E-state index >= 15 is 0 Å². The monoisotopic (exact) mass is 394 g/mol. The van der Waals surface area contributed by atoms with E-state index in [9.17, 15) is 9.18 Å². The molecular formula is C18H20BrFN2O2. The first-order valence-corrected chi connectivity index (χ1v) is 8.46. The number of amides is 1. The van der Waals surface area contributed by atoms with Crippen LogP contribution in [0.25, 0.3) is 0 Å². The Balaban J connectivity index is 1.69. The van der Waals surface area contributed by atoms with Crippen LogP contribution < -0.4 is 15.4 Å². The number of benzene rings is 2. The van der Waals surface area contributed by atoms with Crippen LogP contribution in [-0.4, -0.2) is 26.1 Å². The van der Waals surface area contributed by atoms with Crippen LogP contribution in [-0.2, 0) is 6.54 Å². The summed E-state index contributed by atoms with van der Waals surface area (Å²) in [4.78, 5) is 12.2. The lowest BCUT2D eigenvalue weighted by atomic mass is 10.2. The molecule has 2 rings (SSSR count). The van der Waals surface area contributed by atoms with Crippen molar-refractivity contribution in [2.45, 2.75) is 13.0 Å². The van der Waals surface area contributed by atoms with Crippen LogP contribution in [0, 0.1) is 5.82 Å². The fourth-order valence-electron chi connectivity index (χ4n) is 2.20. The molecule has 0 aliphatic heterocycles. The standard InChI is InChI=1S/C18H20BrFN2O2/c1-24-15-6-7-17(19)16(11-15)18(23)22-9-3-8-21-12-13-4-2-5-14(20)10-13/h2,4-7,10-11,21H,3,8-9,12H2,1H3,(H,22,23). The number of rotatable bonds is 8. The Labute approximate surface area is 149 Å². The van der Waals surface area contributed by atoms with Crippen LogP contribution in [0.2, 0.25) is 0 Å². The molecule has 0 aromatic heterocycles. The lowest BCUT2D eigenvalue weighted by Crippen LogP contribution is -2.27. The molecule has 0 unspecified atom stereocenters. The van der Waals surface area contributed by atoms with E-state index in [1.165, 1.54) is 12.1 Å². The first kappa shape index (κ1) is 18.4. The maximum atomic E-state index is 13.0. The molecule has 0 saturated heterocycles. The van der Waals surface area contributed by atoms with Crippen molar-refractivity contribution in [3.63, 3.8) is 0 Å². The highest BCUT2D eigenvalue weighted by Crippen LogP contribution is 2.22. The van der Waals surface area contributed by atoms with E-state index in [2.05, 4.69) is 26.6 Å². The number of carbonyl (C=O) groups is 1. The summed E-state index contributed by atoms with van der Waals surface area (Å²) in [6, 6.07) is 11.8. The summed E-state index contributed by atoms with van der Waals surface area (Å²) in [5.41, 5.74) is 1.45. The summed E-state index contributed by atoms with van der Waals surface area (Å²) in [6.45, 7) is 1.89. The highest BCUT2D eigenvalue weighted by Gasteiger charge is 2.10. The summed E-state index contributed by atoms with van der Waals surface area (Å²) in [5, 5.41) is 6.10. The predicted octanol–water partition coefficient (Wildman–Crippen LogP) is 3.51. The van der Waals surface area contributed by atoms with E-state index in [0.29, 0.717) is 24.4 Å². The molecular weight excluding hydrogens is 375 g/mol. The van der Waals surface area contributed by atoms with Crippen molar-refractivity contribution in [2.75, 3.05) is 20.2 Å². The van der Waals surface area contributed by atoms with Crippen molar-refractivity contribution in [3.8, 4) is 5.75 Å². The van der Waals surface area contributed by atoms with Gasteiger partial charge in [0.2, 0.25) is 0 Å². The number of ether oxygens (including phenoxy) is 1. The zero-order valence-corrected chi connectivity index (χ0v) is 15.0. The van der Waals surface area contributed by atoms with E-state index in [-0.39, 0.29) is 11.7 Å². The summed E-state index contributed by atoms with van der Waals surface area (Å²) in [7, 11) is 1.56. The van der Waals surface area contributed by atoms with Crippen molar-refractivity contribution in [1.29, 1.82) is 0 Å². The third kappa shape index (κ3) is 5.62. The van der Waals surface area contributed by atoms with Crippen LogP contribution in [0.15, 0.2) is 46.9 Å². The topological polar surface area (TPSA) is 50.4 Å². The van der Waals surface area contributed by atoms with Gasteiger partial charge in [0.15, 0.2) is 0 Å². The quantitative estimate of drug-likeness (QED) is 0.673. The summed E-state index contributed by atoms with van der Waals surface area (Å²) < 4.78 is 18.9. The Morgan fingerprint density at radius 1 is 1.21 bits per heavy atom. The Kier molecular flexibility index (Phi) is 7.21. The second-order valence-corrected chi connectivity index (χ2v) is 6.12. The van der Waals surface area contributed by atoms with Crippen LogP contribution in [0.3, 0.4) is 0 Å². The van der Waals surface area contributed by atoms with E-state index in [1.54, 1.807) is 31.4 Å². The van der Waals surface area contributed by atoms with Gasteiger partial charge in [0.1, 0.15) is 11.6 Å². The first-order chi connectivity index (χ1) is 11.6. The molecule has 2 aromatic rings. The third-order valence-electron chi connectivity index (χ3n) is 3.45. The highest BCUT2D eigenvalue weighted by molar-refractivity contribution is 9.10. The van der Waals surface area contributed by atoms with Gasteiger partial charge in [0.25, 0.3) is 5.91 Å². The molecule has 4 nitrogen and oxygen atoms in total.